The lowest BCUT2D eigenvalue weighted by Gasteiger charge is -2.20. The molecule has 0 bridgehead atoms. The van der Waals surface area contributed by atoms with Crippen LogP contribution in [0.3, 0.4) is 0 Å². The third kappa shape index (κ3) is 11.4. The zero-order chi connectivity index (χ0) is 36.7. The molecule has 3 amide bonds. The van der Waals surface area contributed by atoms with E-state index in [0.717, 1.165) is 24.8 Å². The summed E-state index contributed by atoms with van der Waals surface area (Å²) in [5.41, 5.74) is 18.4. The van der Waals surface area contributed by atoms with E-state index >= 15 is 0 Å². The van der Waals surface area contributed by atoms with Gasteiger partial charge in [-0.25, -0.2) is 24.7 Å². The van der Waals surface area contributed by atoms with Gasteiger partial charge in [0.05, 0.1) is 0 Å². The fourth-order valence-corrected chi connectivity index (χ4v) is 4.07. The monoisotopic (exact) mass is 728 g/mol. The van der Waals surface area contributed by atoms with E-state index < -0.39 is 47.5 Å². The molecule has 12 nitrogen and oxygen atoms in total. The Bertz CT molecular complexity index is 1810. The van der Waals surface area contributed by atoms with Crippen molar-refractivity contribution in [3.8, 4) is 22.3 Å². The van der Waals surface area contributed by atoms with Gasteiger partial charge < -0.3 is 27.3 Å². The molecule has 0 fully saturated rings. The fourth-order valence-electron chi connectivity index (χ4n) is 4.07. The van der Waals surface area contributed by atoms with Crippen LogP contribution in [0.15, 0.2) is 61.2 Å². The summed E-state index contributed by atoms with van der Waals surface area (Å²) in [6, 6.07) is 9.03. The van der Waals surface area contributed by atoms with Gasteiger partial charge in [0.1, 0.15) is 5.60 Å². The summed E-state index contributed by atoms with van der Waals surface area (Å²) in [4.78, 5) is 47.8. The zero-order valence-corrected chi connectivity index (χ0v) is 27.3. The Morgan fingerprint density at radius 2 is 1.06 bits per heavy atom. The minimum absolute atomic E-state index is 0. The van der Waals surface area contributed by atoms with Gasteiger partial charge in [-0.05, 0) is 67.3 Å². The number of amides is 3. The number of halogens is 7. The molecule has 268 valence electrons. The molecule has 2 heterocycles. The van der Waals surface area contributed by atoms with Crippen molar-refractivity contribution < 1.29 is 45.5 Å². The molecule has 0 aliphatic heterocycles. The molecule has 0 radical (unpaired) electrons. The van der Waals surface area contributed by atoms with Gasteiger partial charge in [-0.1, -0.05) is 12.1 Å². The first kappa shape index (κ1) is 40.8. The minimum atomic E-state index is -4.64. The van der Waals surface area contributed by atoms with Crippen molar-refractivity contribution in [2.24, 2.45) is 17.2 Å². The highest BCUT2D eigenvalue weighted by atomic mass is 35.5. The second kappa shape index (κ2) is 16.4. The van der Waals surface area contributed by atoms with Crippen molar-refractivity contribution in [3.63, 3.8) is 0 Å². The van der Waals surface area contributed by atoms with E-state index in [1.165, 1.54) is 24.3 Å². The number of nitrogens with one attached hydrogen (secondary N) is 1. The largest absolute Gasteiger partial charge is 0.451 e. The van der Waals surface area contributed by atoms with Gasteiger partial charge in [-0.15, -0.1) is 12.4 Å². The second-order valence-corrected chi connectivity index (χ2v) is 11.1. The maximum Gasteiger partial charge on any atom is 0.451 e. The molecular weight excluding hydrogens is 698 g/mol. The van der Waals surface area contributed by atoms with Crippen molar-refractivity contribution in [1.29, 1.82) is 0 Å². The van der Waals surface area contributed by atoms with Crippen molar-refractivity contribution in [1.82, 2.24) is 25.3 Å². The smallest absolute Gasteiger partial charge is 0.444 e. The van der Waals surface area contributed by atoms with E-state index in [-0.39, 0.29) is 36.6 Å². The van der Waals surface area contributed by atoms with Crippen molar-refractivity contribution in [2.75, 3.05) is 0 Å². The first-order chi connectivity index (χ1) is 22.7. The van der Waals surface area contributed by atoms with Crippen LogP contribution >= 0.6 is 12.4 Å². The Morgan fingerprint density at radius 3 is 1.40 bits per heavy atom. The van der Waals surface area contributed by atoms with Crippen LogP contribution in [0.25, 0.3) is 22.3 Å². The third-order valence-electron chi connectivity index (χ3n) is 6.26. The number of primary amides is 2. The number of alkyl carbamates (subject to hydrolysis) is 1. The van der Waals surface area contributed by atoms with E-state index in [4.69, 9.17) is 21.9 Å². The Balaban J connectivity index is 0.000000353. The lowest BCUT2D eigenvalue weighted by atomic mass is 10.00. The predicted molar refractivity (Wildman–Crippen MR) is 170 cm³/mol. The predicted octanol–water partition coefficient (Wildman–Crippen LogP) is 5.43. The molecule has 4 aromatic rings. The normalized spacial score (nSPS) is 11.4. The van der Waals surface area contributed by atoms with Gasteiger partial charge in [0.15, 0.2) is 0 Å². The van der Waals surface area contributed by atoms with Crippen LogP contribution in [0.1, 0.15) is 64.3 Å². The maximum absolute atomic E-state index is 12.6. The SMILES string of the molecule is CC(C)(C)OC(=O)NCc1cc(-c2cnc(C(F)(F)F)nc2)ccc1C(N)=O.Cl.NCc1cc(-c2cnc(C(F)(F)F)nc2)ccc1C(N)=O. The Morgan fingerprint density at radius 1 is 0.680 bits per heavy atom. The standard InChI is InChI=1S/C18H19F3N4O3.C13H11F3N4O.ClH/c1-17(2,3)28-16(27)25-7-11-6-10(4-5-13(11)14(22)26)12-8-23-15(24-9-12)18(19,20)21;14-13(15,16)12-19-5-9(6-20-12)7-1-2-10(11(18)21)8(3-7)4-17;/h4-6,8-9H,7H2,1-3H3,(H2,22,26)(H,25,27);1-3,5-6H,4,17H2,(H2,18,21);1H. The van der Waals surface area contributed by atoms with Crippen LogP contribution in [0.4, 0.5) is 31.1 Å². The highest BCUT2D eigenvalue weighted by Crippen LogP contribution is 2.29. The summed E-state index contributed by atoms with van der Waals surface area (Å²) in [5, 5.41) is 2.51. The molecule has 50 heavy (non-hydrogen) atoms. The topological polar surface area (TPSA) is 202 Å². The summed E-state index contributed by atoms with van der Waals surface area (Å²) >= 11 is 0. The minimum Gasteiger partial charge on any atom is -0.444 e. The Labute approximate surface area is 287 Å². The number of carbonyl (C=O) groups is 3. The lowest BCUT2D eigenvalue weighted by Crippen LogP contribution is -2.32. The number of aromatic nitrogens is 4. The quantitative estimate of drug-likeness (QED) is 0.179. The van der Waals surface area contributed by atoms with E-state index in [1.54, 1.807) is 32.9 Å². The summed E-state index contributed by atoms with van der Waals surface area (Å²) in [6.45, 7) is 5.11. The van der Waals surface area contributed by atoms with Crippen LogP contribution in [-0.2, 0) is 30.2 Å². The number of nitrogens with zero attached hydrogens (tertiary/aromatic N) is 4. The van der Waals surface area contributed by atoms with Gasteiger partial charge in [0, 0.05) is 60.1 Å². The molecule has 4 rings (SSSR count). The molecule has 0 saturated heterocycles. The Kier molecular flexibility index (Phi) is 13.4. The van der Waals surface area contributed by atoms with Gasteiger partial charge in [0.2, 0.25) is 23.5 Å². The summed E-state index contributed by atoms with van der Waals surface area (Å²) in [6.07, 6.45) is -5.73. The number of benzene rings is 2. The Hall–Kier alpha value is -5.36. The highest BCUT2D eigenvalue weighted by Gasteiger charge is 2.35. The molecule has 0 unspecified atom stereocenters. The first-order valence-corrected chi connectivity index (χ1v) is 14.0. The molecule has 0 aliphatic rings. The molecule has 0 atom stereocenters. The highest BCUT2D eigenvalue weighted by molar-refractivity contribution is 5.95. The van der Waals surface area contributed by atoms with E-state index in [2.05, 4.69) is 25.3 Å². The summed E-state index contributed by atoms with van der Waals surface area (Å²) in [7, 11) is 0. The lowest BCUT2D eigenvalue weighted by molar-refractivity contribution is -0.145. The number of ether oxygens (including phenoxy) is 1. The fraction of sp³-hybridized carbons (Fsp3) is 0.258. The van der Waals surface area contributed by atoms with Gasteiger partial charge in [0.25, 0.3) is 0 Å². The van der Waals surface area contributed by atoms with E-state index in [0.29, 0.717) is 33.4 Å². The summed E-state index contributed by atoms with van der Waals surface area (Å²) < 4.78 is 80.1. The number of alkyl halides is 6. The van der Waals surface area contributed by atoms with E-state index in [1.807, 2.05) is 0 Å². The average Bonchev–Trinajstić information content (AvgIpc) is 3.02. The molecule has 2 aromatic heterocycles. The van der Waals surface area contributed by atoms with Gasteiger partial charge in [-0.3, -0.25) is 9.59 Å². The van der Waals surface area contributed by atoms with Crippen molar-refractivity contribution >= 4 is 30.3 Å². The maximum atomic E-state index is 12.6. The van der Waals surface area contributed by atoms with Crippen LogP contribution in [0.2, 0.25) is 0 Å². The molecule has 19 heteroatoms. The number of carbonyl (C=O) groups excluding carboxylic acids is 3. The van der Waals surface area contributed by atoms with E-state index in [9.17, 15) is 40.7 Å². The van der Waals surface area contributed by atoms with Gasteiger partial charge >= 0.3 is 18.4 Å². The molecular formula is C31H31ClF6N8O4. The number of rotatable bonds is 7. The summed E-state index contributed by atoms with van der Waals surface area (Å²) in [5.74, 6) is -3.79. The molecule has 0 aliphatic carbocycles. The van der Waals surface area contributed by atoms with Gasteiger partial charge in [-0.2, -0.15) is 26.3 Å². The average molecular weight is 729 g/mol. The first-order valence-electron chi connectivity index (χ1n) is 14.0. The van der Waals surface area contributed by atoms with Crippen molar-refractivity contribution in [3.05, 3.63) is 95.1 Å². The number of nitrogens with two attached hydrogens (primary N) is 3. The third-order valence-corrected chi connectivity index (χ3v) is 6.26. The van der Waals surface area contributed by atoms with Crippen LogP contribution < -0.4 is 22.5 Å². The number of hydrogen-bond acceptors (Lipinski definition) is 9. The molecule has 2 aromatic carbocycles. The molecule has 0 spiro atoms. The second-order valence-electron chi connectivity index (χ2n) is 11.1. The number of hydrogen-bond donors (Lipinski definition) is 4. The molecule has 7 N–H and O–H groups in total. The van der Waals surface area contributed by atoms with Crippen LogP contribution in [-0.4, -0.2) is 43.4 Å². The molecule has 0 saturated carbocycles. The van der Waals surface area contributed by atoms with Crippen molar-refractivity contribution in [2.45, 2.75) is 51.8 Å². The zero-order valence-electron chi connectivity index (χ0n) is 26.5. The van der Waals surface area contributed by atoms with Crippen LogP contribution in [0, 0.1) is 0 Å². The van der Waals surface area contributed by atoms with Crippen LogP contribution in [0.5, 0.6) is 0 Å².